The molecule has 0 fully saturated rings. The van der Waals surface area contributed by atoms with Crippen molar-refractivity contribution in [1.82, 2.24) is 10.3 Å². The summed E-state index contributed by atoms with van der Waals surface area (Å²) >= 11 is 0. The van der Waals surface area contributed by atoms with Crippen molar-refractivity contribution in [3.8, 4) is 0 Å². The number of rotatable bonds is 4. The molecule has 6 heteroatoms. The fraction of sp³-hybridized carbons (Fsp3) is 0.133. The molecule has 0 aliphatic rings. The van der Waals surface area contributed by atoms with Crippen LogP contribution >= 0.6 is 0 Å². The Bertz CT molecular complexity index is 631. The Balaban J connectivity index is 2.17. The summed E-state index contributed by atoms with van der Waals surface area (Å²) < 4.78 is 0. The van der Waals surface area contributed by atoms with E-state index in [1.54, 1.807) is 42.5 Å². The molecule has 1 atom stereocenters. The van der Waals surface area contributed by atoms with Gasteiger partial charge in [0.05, 0.1) is 0 Å². The molecule has 108 valence electrons. The van der Waals surface area contributed by atoms with Gasteiger partial charge < -0.3 is 15.7 Å². The zero-order valence-electron chi connectivity index (χ0n) is 11.4. The number of aromatic nitrogens is 1. The molecule has 1 aromatic heterocycles. The van der Waals surface area contributed by atoms with Gasteiger partial charge in [0.15, 0.2) is 5.54 Å². The molecule has 0 saturated carbocycles. The van der Waals surface area contributed by atoms with Crippen LogP contribution in [-0.2, 0) is 10.3 Å². The van der Waals surface area contributed by atoms with Crippen LogP contribution in [0.2, 0.25) is 0 Å². The predicted molar refractivity (Wildman–Crippen MR) is 77.8 cm³/mol. The number of aliphatic carboxylic acids is 1. The zero-order valence-corrected chi connectivity index (χ0v) is 11.4. The molecular weight excluding hydrogens is 270 g/mol. The third-order valence-corrected chi connectivity index (χ3v) is 3.08. The highest BCUT2D eigenvalue weighted by Gasteiger charge is 2.36. The molecule has 2 aromatic rings. The van der Waals surface area contributed by atoms with Gasteiger partial charge in [0.25, 0.3) is 0 Å². The van der Waals surface area contributed by atoms with Gasteiger partial charge in [-0.05, 0) is 24.6 Å². The van der Waals surface area contributed by atoms with Crippen molar-refractivity contribution in [2.45, 2.75) is 12.5 Å². The molecule has 1 aromatic carbocycles. The van der Waals surface area contributed by atoms with E-state index in [-0.39, 0.29) is 0 Å². The number of anilines is 1. The number of carboxylic acid groups (broad SMARTS) is 1. The second kappa shape index (κ2) is 6.04. The largest absolute Gasteiger partial charge is 0.479 e. The average molecular weight is 285 g/mol. The molecule has 0 bridgehead atoms. The summed E-state index contributed by atoms with van der Waals surface area (Å²) in [6.45, 7) is 1.44. The van der Waals surface area contributed by atoms with Crippen LogP contribution in [0.1, 0.15) is 12.5 Å². The van der Waals surface area contributed by atoms with Gasteiger partial charge in [-0.3, -0.25) is 4.98 Å². The first kappa shape index (κ1) is 14.5. The first-order chi connectivity index (χ1) is 10.0. The number of hydrogen-bond acceptors (Lipinski definition) is 3. The lowest BCUT2D eigenvalue weighted by Crippen LogP contribution is -2.51. The van der Waals surface area contributed by atoms with Crippen molar-refractivity contribution >= 4 is 17.7 Å². The smallest absolute Gasteiger partial charge is 0.333 e. The van der Waals surface area contributed by atoms with Crippen molar-refractivity contribution in [2.75, 3.05) is 5.32 Å². The molecular formula is C15H15N3O3. The minimum atomic E-state index is -1.52. The van der Waals surface area contributed by atoms with Gasteiger partial charge in [-0.15, -0.1) is 0 Å². The van der Waals surface area contributed by atoms with Crippen molar-refractivity contribution in [1.29, 1.82) is 0 Å². The standard InChI is InChI=1S/C15H15N3O3/c1-15(13(19)20,11-5-3-2-4-6-11)18-14(21)17-12-7-9-16-10-8-12/h2-10H,1H3,(H,19,20)(H2,16,17,18,21). The van der Waals surface area contributed by atoms with E-state index in [1.165, 1.54) is 19.3 Å². The minimum Gasteiger partial charge on any atom is -0.479 e. The monoisotopic (exact) mass is 285 g/mol. The lowest BCUT2D eigenvalue weighted by Gasteiger charge is -2.26. The van der Waals surface area contributed by atoms with E-state index in [1.807, 2.05) is 0 Å². The van der Waals surface area contributed by atoms with E-state index >= 15 is 0 Å². The Morgan fingerprint density at radius 2 is 1.71 bits per heavy atom. The molecule has 0 saturated heterocycles. The summed E-state index contributed by atoms with van der Waals surface area (Å²) in [5.74, 6) is -1.14. The Morgan fingerprint density at radius 1 is 1.10 bits per heavy atom. The lowest BCUT2D eigenvalue weighted by atomic mass is 9.92. The van der Waals surface area contributed by atoms with Gasteiger partial charge in [-0.2, -0.15) is 0 Å². The van der Waals surface area contributed by atoms with Crippen LogP contribution in [0.3, 0.4) is 0 Å². The van der Waals surface area contributed by atoms with Crippen LogP contribution in [0.25, 0.3) is 0 Å². The molecule has 2 amide bonds. The number of nitrogens with zero attached hydrogens (tertiary/aromatic N) is 1. The van der Waals surface area contributed by atoms with E-state index < -0.39 is 17.5 Å². The Kier molecular flexibility index (Phi) is 4.18. The number of carboxylic acids is 1. The van der Waals surface area contributed by atoms with Gasteiger partial charge in [0.1, 0.15) is 0 Å². The van der Waals surface area contributed by atoms with E-state index in [2.05, 4.69) is 15.6 Å². The Hall–Kier alpha value is -2.89. The summed E-state index contributed by atoms with van der Waals surface area (Å²) in [5, 5.41) is 14.5. The summed E-state index contributed by atoms with van der Waals surface area (Å²) in [6.07, 6.45) is 3.06. The maximum Gasteiger partial charge on any atom is 0.333 e. The van der Waals surface area contributed by atoms with Crippen LogP contribution in [0.15, 0.2) is 54.9 Å². The third-order valence-electron chi connectivity index (χ3n) is 3.08. The molecule has 2 rings (SSSR count). The highest BCUT2D eigenvalue weighted by atomic mass is 16.4. The number of hydrogen-bond donors (Lipinski definition) is 3. The fourth-order valence-electron chi connectivity index (χ4n) is 1.85. The third kappa shape index (κ3) is 3.36. The van der Waals surface area contributed by atoms with Crippen molar-refractivity contribution in [3.63, 3.8) is 0 Å². The van der Waals surface area contributed by atoms with Crippen LogP contribution < -0.4 is 10.6 Å². The summed E-state index contributed by atoms with van der Waals surface area (Å²) in [6, 6.07) is 11.2. The number of nitrogens with one attached hydrogen (secondary N) is 2. The Labute approximate surface area is 121 Å². The SMILES string of the molecule is CC(NC(=O)Nc1ccncc1)(C(=O)O)c1ccccc1. The van der Waals surface area contributed by atoms with Gasteiger partial charge >= 0.3 is 12.0 Å². The topological polar surface area (TPSA) is 91.3 Å². The summed E-state index contributed by atoms with van der Waals surface area (Å²) in [7, 11) is 0. The van der Waals surface area contributed by atoms with Crippen LogP contribution in [-0.4, -0.2) is 22.1 Å². The number of amides is 2. The molecule has 6 nitrogen and oxygen atoms in total. The molecule has 0 aliphatic heterocycles. The molecule has 3 N–H and O–H groups in total. The van der Waals surface area contributed by atoms with Crippen molar-refractivity contribution < 1.29 is 14.7 Å². The maximum atomic E-state index is 12.0. The minimum absolute atomic E-state index is 0.488. The Morgan fingerprint density at radius 3 is 2.29 bits per heavy atom. The molecule has 1 heterocycles. The van der Waals surface area contributed by atoms with E-state index in [4.69, 9.17) is 0 Å². The number of carbonyl (C=O) groups excluding carboxylic acids is 1. The van der Waals surface area contributed by atoms with Gasteiger partial charge in [0.2, 0.25) is 0 Å². The van der Waals surface area contributed by atoms with Gasteiger partial charge in [0, 0.05) is 18.1 Å². The van der Waals surface area contributed by atoms with Crippen molar-refractivity contribution in [2.24, 2.45) is 0 Å². The highest BCUT2D eigenvalue weighted by Crippen LogP contribution is 2.21. The second-order valence-electron chi connectivity index (χ2n) is 4.61. The second-order valence-corrected chi connectivity index (χ2v) is 4.61. The normalized spacial score (nSPS) is 13.0. The predicted octanol–water partition coefficient (Wildman–Crippen LogP) is 2.20. The molecule has 0 spiro atoms. The van der Waals surface area contributed by atoms with Crippen LogP contribution in [0.5, 0.6) is 0 Å². The molecule has 21 heavy (non-hydrogen) atoms. The number of urea groups is 1. The summed E-state index contributed by atoms with van der Waals surface area (Å²) in [4.78, 5) is 27.4. The van der Waals surface area contributed by atoms with Crippen LogP contribution in [0, 0.1) is 0 Å². The van der Waals surface area contributed by atoms with Gasteiger partial charge in [-0.1, -0.05) is 30.3 Å². The van der Waals surface area contributed by atoms with E-state index in [0.29, 0.717) is 11.3 Å². The number of carbonyl (C=O) groups is 2. The molecule has 0 aliphatic carbocycles. The maximum absolute atomic E-state index is 12.0. The summed E-state index contributed by atoms with van der Waals surface area (Å²) in [5.41, 5.74) is -0.496. The quantitative estimate of drug-likeness (QED) is 0.803. The number of benzene rings is 1. The number of pyridine rings is 1. The fourth-order valence-corrected chi connectivity index (χ4v) is 1.85. The lowest BCUT2D eigenvalue weighted by molar-refractivity contribution is -0.144. The first-order valence-electron chi connectivity index (χ1n) is 6.30. The van der Waals surface area contributed by atoms with Crippen molar-refractivity contribution in [3.05, 3.63) is 60.4 Å². The first-order valence-corrected chi connectivity index (χ1v) is 6.30. The van der Waals surface area contributed by atoms with Gasteiger partial charge in [-0.25, -0.2) is 9.59 Å². The highest BCUT2D eigenvalue weighted by molar-refractivity contribution is 5.94. The van der Waals surface area contributed by atoms with Crippen LogP contribution in [0.4, 0.5) is 10.5 Å². The molecule has 0 radical (unpaired) electrons. The van der Waals surface area contributed by atoms with E-state index in [0.717, 1.165) is 0 Å². The van der Waals surface area contributed by atoms with E-state index in [9.17, 15) is 14.7 Å². The average Bonchev–Trinajstić information content (AvgIpc) is 2.48. The zero-order chi connectivity index (χ0) is 15.3. The molecule has 1 unspecified atom stereocenters.